The van der Waals surface area contributed by atoms with E-state index in [4.69, 9.17) is 4.42 Å². The lowest BCUT2D eigenvalue weighted by molar-refractivity contribution is 0.101. The van der Waals surface area contributed by atoms with Gasteiger partial charge in [0.1, 0.15) is 11.2 Å². The number of nitrogens with zero attached hydrogens (tertiary/aromatic N) is 1. The second-order valence-electron chi connectivity index (χ2n) is 7.79. The number of Topliss-reactive ketones (excluding diaryl/α,β-unsaturated/α-hetero) is 1. The normalized spacial score (nSPS) is 11.8. The van der Waals surface area contributed by atoms with Crippen LogP contribution in [0.1, 0.15) is 72.6 Å². The number of fused-ring (bicyclic) bond motifs is 1. The lowest BCUT2D eigenvalue weighted by Gasteiger charge is -2.11. The predicted molar refractivity (Wildman–Crippen MR) is 106 cm³/mol. The maximum absolute atomic E-state index is 12.8. The minimum atomic E-state index is -0.277. The van der Waals surface area contributed by atoms with Crippen molar-refractivity contribution in [2.24, 2.45) is 0 Å². The van der Waals surface area contributed by atoms with E-state index in [9.17, 15) is 9.59 Å². The second kappa shape index (κ2) is 6.68. The van der Waals surface area contributed by atoms with E-state index in [-0.39, 0.29) is 17.1 Å². The fourth-order valence-electron chi connectivity index (χ4n) is 3.22. The molecule has 0 aliphatic heterocycles. The van der Waals surface area contributed by atoms with Gasteiger partial charge in [0.15, 0.2) is 11.4 Å². The monoisotopic (exact) mass is 367 g/mol. The molecule has 0 saturated heterocycles. The molecule has 0 spiro atoms. The Morgan fingerprint density at radius 3 is 2.56 bits per heavy atom. The summed E-state index contributed by atoms with van der Waals surface area (Å²) in [5, 5.41) is 2.89. The molecule has 3 rings (SSSR count). The highest BCUT2D eigenvalue weighted by Crippen LogP contribution is 2.28. The number of hydrogen-bond donors (Lipinski definition) is 2. The molecule has 0 saturated carbocycles. The van der Waals surface area contributed by atoms with Crippen LogP contribution < -0.4 is 5.32 Å². The molecule has 0 fully saturated rings. The number of rotatable bonds is 4. The van der Waals surface area contributed by atoms with Crippen LogP contribution in [0, 0.1) is 6.92 Å². The summed E-state index contributed by atoms with van der Waals surface area (Å²) < 4.78 is 5.79. The number of aryl methyl sites for hydroxylation is 1. The van der Waals surface area contributed by atoms with E-state index >= 15 is 0 Å². The number of hydrogen-bond acceptors (Lipinski definition) is 4. The van der Waals surface area contributed by atoms with Gasteiger partial charge in [-0.25, -0.2) is 4.98 Å². The molecule has 0 atom stereocenters. The van der Waals surface area contributed by atoms with E-state index in [0.29, 0.717) is 46.0 Å². The van der Waals surface area contributed by atoms with Crippen molar-refractivity contribution < 1.29 is 14.0 Å². The Labute approximate surface area is 158 Å². The fourth-order valence-corrected chi connectivity index (χ4v) is 3.22. The summed E-state index contributed by atoms with van der Waals surface area (Å²) in [7, 11) is 0. The SMILES string of the molecule is CCc1c(C(=O)Nc2ccc3oc(C(C)(C)C)nc3c2)[nH]c(C)c1C(C)=O. The van der Waals surface area contributed by atoms with Crippen molar-refractivity contribution in [3.63, 3.8) is 0 Å². The van der Waals surface area contributed by atoms with E-state index in [2.05, 4.69) is 15.3 Å². The van der Waals surface area contributed by atoms with Crippen LogP contribution in [-0.4, -0.2) is 21.7 Å². The lowest BCUT2D eigenvalue weighted by atomic mass is 9.97. The van der Waals surface area contributed by atoms with Gasteiger partial charge in [0, 0.05) is 22.4 Å². The van der Waals surface area contributed by atoms with Crippen LogP contribution in [0.5, 0.6) is 0 Å². The van der Waals surface area contributed by atoms with Crippen molar-refractivity contribution in [3.8, 4) is 0 Å². The molecule has 2 aromatic heterocycles. The molecule has 0 bridgehead atoms. The summed E-state index contributed by atoms with van der Waals surface area (Å²) >= 11 is 0. The number of carbonyl (C=O) groups excluding carboxylic acids is 2. The predicted octanol–water partition coefficient (Wildman–Crippen LogP) is 4.78. The minimum absolute atomic E-state index is 0.0432. The summed E-state index contributed by atoms with van der Waals surface area (Å²) in [5.74, 6) is 0.333. The maximum Gasteiger partial charge on any atom is 0.272 e. The van der Waals surface area contributed by atoms with Gasteiger partial charge in [0.2, 0.25) is 5.89 Å². The van der Waals surface area contributed by atoms with Crippen molar-refractivity contribution >= 4 is 28.5 Å². The van der Waals surface area contributed by atoms with Gasteiger partial charge in [-0.2, -0.15) is 0 Å². The molecular formula is C21H25N3O3. The van der Waals surface area contributed by atoms with Crippen molar-refractivity contribution in [2.75, 3.05) is 5.32 Å². The Hall–Kier alpha value is -2.89. The number of anilines is 1. The zero-order valence-electron chi connectivity index (χ0n) is 16.6. The third-order valence-corrected chi connectivity index (χ3v) is 4.51. The van der Waals surface area contributed by atoms with Crippen molar-refractivity contribution in [1.29, 1.82) is 0 Å². The van der Waals surface area contributed by atoms with Gasteiger partial charge >= 0.3 is 0 Å². The van der Waals surface area contributed by atoms with Gasteiger partial charge in [-0.15, -0.1) is 0 Å². The molecular weight excluding hydrogens is 342 g/mol. The molecule has 0 unspecified atom stereocenters. The molecule has 1 amide bonds. The largest absolute Gasteiger partial charge is 0.440 e. The van der Waals surface area contributed by atoms with Gasteiger partial charge in [0.25, 0.3) is 5.91 Å². The molecule has 3 aromatic rings. The van der Waals surface area contributed by atoms with E-state index in [1.165, 1.54) is 6.92 Å². The quantitative estimate of drug-likeness (QED) is 0.650. The Morgan fingerprint density at radius 1 is 1.26 bits per heavy atom. The first-order chi connectivity index (χ1) is 12.6. The highest BCUT2D eigenvalue weighted by atomic mass is 16.3. The average molecular weight is 367 g/mol. The summed E-state index contributed by atoms with van der Waals surface area (Å²) in [6.45, 7) is 11.4. The van der Waals surface area contributed by atoms with E-state index in [1.807, 2.05) is 34.6 Å². The molecule has 6 heteroatoms. The number of amides is 1. The topological polar surface area (TPSA) is 88.0 Å². The van der Waals surface area contributed by atoms with Gasteiger partial charge < -0.3 is 14.7 Å². The van der Waals surface area contributed by atoms with Gasteiger partial charge in [0.05, 0.1) is 0 Å². The first kappa shape index (κ1) is 18.9. The van der Waals surface area contributed by atoms with Crippen LogP contribution >= 0.6 is 0 Å². The van der Waals surface area contributed by atoms with Gasteiger partial charge in [-0.1, -0.05) is 27.7 Å². The molecule has 27 heavy (non-hydrogen) atoms. The van der Waals surface area contributed by atoms with Gasteiger partial charge in [-0.05, 0) is 44.0 Å². The molecule has 142 valence electrons. The van der Waals surface area contributed by atoms with Crippen molar-refractivity contribution in [1.82, 2.24) is 9.97 Å². The Balaban J connectivity index is 1.92. The smallest absolute Gasteiger partial charge is 0.272 e. The third kappa shape index (κ3) is 3.52. The zero-order chi connectivity index (χ0) is 19.9. The van der Waals surface area contributed by atoms with E-state index < -0.39 is 0 Å². The molecule has 0 radical (unpaired) electrons. The van der Waals surface area contributed by atoms with E-state index in [0.717, 1.165) is 5.56 Å². The summed E-state index contributed by atoms with van der Waals surface area (Å²) in [6, 6.07) is 5.37. The number of carbonyl (C=O) groups is 2. The summed E-state index contributed by atoms with van der Waals surface area (Å²) in [4.78, 5) is 32.3. The van der Waals surface area contributed by atoms with Crippen LogP contribution in [0.25, 0.3) is 11.1 Å². The number of aromatic amines is 1. The Kier molecular flexibility index (Phi) is 4.68. The number of ketones is 1. The average Bonchev–Trinajstić information content (AvgIpc) is 3.14. The third-order valence-electron chi connectivity index (χ3n) is 4.51. The first-order valence-corrected chi connectivity index (χ1v) is 9.06. The lowest BCUT2D eigenvalue weighted by Crippen LogP contribution is -2.14. The number of nitrogens with one attached hydrogen (secondary N) is 2. The van der Waals surface area contributed by atoms with Crippen molar-refractivity contribution in [2.45, 2.75) is 53.4 Å². The molecule has 2 N–H and O–H groups in total. The Bertz CT molecular complexity index is 1040. The van der Waals surface area contributed by atoms with Crippen LogP contribution in [0.2, 0.25) is 0 Å². The highest BCUT2D eigenvalue weighted by molar-refractivity contribution is 6.08. The minimum Gasteiger partial charge on any atom is -0.440 e. The highest BCUT2D eigenvalue weighted by Gasteiger charge is 2.23. The van der Waals surface area contributed by atoms with Crippen molar-refractivity contribution in [3.05, 3.63) is 46.6 Å². The molecule has 6 nitrogen and oxygen atoms in total. The standard InChI is InChI=1S/C21H25N3O3/c1-7-14-17(12(3)25)11(2)22-18(14)19(26)23-13-8-9-16-15(10-13)24-20(27-16)21(4,5)6/h8-10,22H,7H2,1-6H3,(H,23,26). The number of oxazole rings is 1. The van der Waals surface area contributed by atoms with Gasteiger partial charge in [-0.3, -0.25) is 9.59 Å². The Morgan fingerprint density at radius 2 is 1.96 bits per heavy atom. The summed E-state index contributed by atoms with van der Waals surface area (Å²) in [6.07, 6.45) is 0.596. The molecule has 0 aliphatic carbocycles. The molecule has 0 aliphatic rings. The maximum atomic E-state index is 12.8. The van der Waals surface area contributed by atoms with E-state index in [1.54, 1.807) is 18.2 Å². The number of aromatic nitrogens is 2. The number of benzene rings is 1. The van der Waals surface area contributed by atoms with Crippen LogP contribution in [0.4, 0.5) is 5.69 Å². The van der Waals surface area contributed by atoms with Crippen LogP contribution in [-0.2, 0) is 11.8 Å². The molecule has 2 heterocycles. The van der Waals surface area contributed by atoms with Crippen LogP contribution in [0.3, 0.4) is 0 Å². The zero-order valence-corrected chi connectivity index (χ0v) is 16.6. The number of H-pyrrole nitrogens is 1. The molecule has 1 aromatic carbocycles. The fraction of sp³-hybridized carbons (Fsp3) is 0.381. The summed E-state index contributed by atoms with van der Waals surface area (Å²) in [5.41, 5.74) is 4.30. The second-order valence-corrected chi connectivity index (χ2v) is 7.79. The van der Waals surface area contributed by atoms with Crippen LogP contribution in [0.15, 0.2) is 22.6 Å². The first-order valence-electron chi connectivity index (χ1n) is 9.06.